The molecule has 0 fully saturated rings. The van der Waals surface area contributed by atoms with Gasteiger partial charge in [-0.1, -0.05) is 252 Å². The molecule has 0 radical (unpaired) electrons. The Labute approximate surface area is 670 Å². The molecule has 0 unspecified atom stereocenters. The van der Waals surface area contributed by atoms with Crippen LogP contribution in [0.2, 0.25) is 0 Å². The standard InChI is InChI=1S/C109H104N4/c1-4-5-6-13-24-80-40-60-98(61-41-80)113-107-32-21-20-31-103(107)104-76-89(53-70-108(104)113)85-46-62-96(63-47-85)110(93-54-33-78(2)34-55-93)97-64-48-86(49-65-97)90-52-69-102-101-68-35-79(3)73-105(101)109(106(102)77-90,71-22-9-7-14-25-81-36-56-94(57-37-81)111(91-27-16-11-17-28-91)99-66-50-83-42-44-87(83)74-99)72-23-10-8-15-26-82-38-58-95(59-39-82)112(92-29-18-12-19-30-92)100-67-51-84-43-45-88(84)75-100/h11-12,16-21,27-41,46-70,73-77H,4-10,13-15,22-26,42-45,71-72H2,1-3H3. The van der Waals surface area contributed by atoms with Crippen molar-refractivity contribution in [2.45, 2.75) is 161 Å². The second-order valence-electron chi connectivity index (χ2n) is 32.6. The van der Waals surface area contributed by atoms with Crippen molar-refractivity contribution >= 4 is 73.0 Å². The van der Waals surface area contributed by atoms with Crippen LogP contribution in [0.15, 0.2) is 322 Å². The number of fused-ring (bicyclic) bond motifs is 8. The average molecular weight is 1470 g/mol. The quantitative estimate of drug-likeness (QED) is 0.0403. The molecule has 560 valence electrons. The molecule has 4 nitrogen and oxygen atoms in total. The van der Waals surface area contributed by atoms with E-state index in [0.29, 0.717) is 0 Å². The van der Waals surface area contributed by atoms with Crippen LogP contribution in [0.25, 0.3) is 60.9 Å². The molecular formula is C109H104N4. The summed E-state index contributed by atoms with van der Waals surface area (Å²) in [6, 6.07) is 122. The maximum absolute atomic E-state index is 2.62. The number of aromatic nitrogens is 1. The predicted octanol–water partition coefficient (Wildman–Crippen LogP) is 30.1. The number of benzene rings is 14. The number of rotatable bonds is 31. The molecule has 0 spiro atoms. The zero-order chi connectivity index (χ0) is 76.0. The molecule has 0 bridgehead atoms. The summed E-state index contributed by atoms with van der Waals surface area (Å²) in [5.41, 5.74) is 37.9. The van der Waals surface area contributed by atoms with E-state index in [1.807, 2.05) is 0 Å². The van der Waals surface area contributed by atoms with Crippen LogP contribution >= 0.6 is 0 Å². The summed E-state index contributed by atoms with van der Waals surface area (Å²) < 4.78 is 2.44. The zero-order valence-electron chi connectivity index (χ0n) is 66.2. The van der Waals surface area contributed by atoms with Gasteiger partial charge in [0.2, 0.25) is 0 Å². The van der Waals surface area contributed by atoms with Crippen LogP contribution < -0.4 is 14.7 Å². The van der Waals surface area contributed by atoms with Crippen LogP contribution in [0.1, 0.15) is 158 Å². The Morgan fingerprint density at radius 1 is 0.274 bits per heavy atom. The first-order valence-electron chi connectivity index (χ1n) is 42.3. The van der Waals surface area contributed by atoms with Crippen molar-refractivity contribution in [3.8, 4) is 39.1 Å². The van der Waals surface area contributed by atoms with Crippen LogP contribution in [-0.4, -0.2) is 4.57 Å². The minimum atomic E-state index is -0.0914. The monoisotopic (exact) mass is 1470 g/mol. The fourth-order valence-corrected chi connectivity index (χ4v) is 18.7. The van der Waals surface area contributed by atoms with Crippen molar-refractivity contribution in [1.82, 2.24) is 4.57 Å². The van der Waals surface area contributed by atoms with E-state index in [1.54, 1.807) is 5.56 Å². The fourth-order valence-electron chi connectivity index (χ4n) is 18.7. The Bertz CT molecular complexity index is 5640. The van der Waals surface area contributed by atoms with Crippen molar-refractivity contribution in [3.05, 3.63) is 383 Å². The lowest BCUT2D eigenvalue weighted by Gasteiger charge is -2.33. The summed E-state index contributed by atoms with van der Waals surface area (Å²) in [4.78, 5) is 7.26. The van der Waals surface area contributed by atoms with Gasteiger partial charge in [-0.3, -0.25) is 0 Å². The Kier molecular flexibility index (Phi) is 21.2. The van der Waals surface area contributed by atoms with Gasteiger partial charge in [-0.05, 0) is 320 Å². The lowest BCUT2D eigenvalue weighted by Crippen LogP contribution is -2.25. The van der Waals surface area contributed by atoms with Gasteiger partial charge < -0.3 is 19.3 Å². The minimum Gasteiger partial charge on any atom is -0.311 e. The molecule has 113 heavy (non-hydrogen) atoms. The summed E-state index contributed by atoms with van der Waals surface area (Å²) >= 11 is 0. The van der Waals surface area contributed by atoms with Crippen molar-refractivity contribution in [2.75, 3.05) is 14.7 Å². The zero-order valence-corrected chi connectivity index (χ0v) is 66.2. The summed E-state index contributed by atoms with van der Waals surface area (Å²) in [5.74, 6) is 0. The van der Waals surface area contributed by atoms with Gasteiger partial charge in [-0.2, -0.15) is 0 Å². The Morgan fingerprint density at radius 2 is 0.655 bits per heavy atom. The van der Waals surface area contributed by atoms with Crippen LogP contribution in [0.5, 0.6) is 0 Å². The van der Waals surface area contributed by atoms with E-state index in [1.165, 1.54) is 253 Å². The number of hydrogen-bond donors (Lipinski definition) is 0. The topological polar surface area (TPSA) is 14.7 Å². The van der Waals surface area contributed by atoms with Crippen molar-refractivity contribution in [3.63, 3.8) is 0 Å². The van der Waals surface area contributed by atoms with Crippen LogP contribution in [-0.2, 0) is 50.4 Å². The number of aryl methyl sites for hydroxylation is 9. The SMILES string of the molecule is CCCCCCc1ccc(-n2c3ccccc3c3cc(-c4ccc(N(c5ccc(C)cc5)c5ccc(-c6ccc7c(c6)C(CCCCCCc6ccc(N(c8ccccc8)c8ccc9c(c8)CC9)cc6)(CCCCCCc6ccc(N(c8ccccc8)c8ccc9c(c8)CC9)cc6)c6cc(C)ccc6-7)cc5)cc4)ccc32)cc1. The normalized spacial score (nSPS) is 12.9. The van der Waals surface area contributed by atoms with Gasteiger partial charge in [-0.25, -0.2) is 0 Å². The second-order valence-corrected chi connectivity index (χ2v) is 32.6. The molecule has 1 heterocycles. The molecule has 3 aliphatic rings. The van der Waals surface area contributed by atoms with Gasteiger partial charge in [0.05, 0.1) is 11.0 Å². The number of nitrogens with zero attached hydrogens (tertiary/aromatic N) is 4. The summed E-state index contributed by atoms with van der Waals surface area (Å²) in [7, 11) is 0. The smallest absolute Gasteiger partial charge is 0.0541 e. The molecule has 0 amide bonds. The molecule has 1 aromatic heterocycles. The highest BCUT2D eigenvalue weighted by Gasteiger charge is 2.43. The molecule has 0 atom stereocenters. The van der Waals surface area contributed by atoms with E-state index in [2.05, 4.69) is 362 Å². The lowest BCUT2D eigenvalue weighted by molar-refractivity contribution is 0.399. The number of unbranched alkanes of at least 4 members (excludes halogenated alkanes) is 9. The molecule has 0 N–H and O–H groups in total. The molecular weight excluding hydrogens is 1370 g/mol. The highest BCUT2D eigenvalue weighted by atomic mass is 15.2. The highest BCUT2D eigenvalue weighted by molar-refractivity contribution is 6.10. The van der Waals surface area contributed by atoms with E-state index in [-0.39, 0.29) is 5.41 Å². The third-order valence-corrected chi connectivity index (χ3v) is 25.2. The highest BCUT2D eigenvalue weighted by Crippen LogP contribution is 2.56. The lowest BCUT2D eigenvalue weighted by atomic mass is 9.70. The molecule has 18 rings (SSSR count). The van der Waals surface area contributed by atoms with Gasteiger partial charge in [0.15, 0.2) is 0 Å². The van der Waals surface area contributed by atoms with Crippen LogP contribution in [0.3, 0.4) is 0 Å². The summed E-state index contributed by atoms with van der Waals surface area (Å²) in [6.07, 6.45) is 25.0. The number of anilines is 9. The maximum atomic E-state index is 2.62. The summed E-state index contributed by atoms with van der Waals surface area (Å²) in [6.45, 7) is 6.77. The van der Waals surface area contributed by atoms with E-state index in [9.17, 15) is 0 Å². The van der Waals surface area contributed by atoms with E-state index < -0.39 is 0 Å². The maximum Gasteiger partial charge on any atom is 0.0541 e. The Hall–Kier alpha value is -11.7. The Morgan fingerprint density at radius 3 is 1.16 bits per heavy atom. The third-order valence-electron chi connectivity index (χ3n) is 25.2. The predicted molar refractivity (Wildman–Crippen MR) is 481 cm³/mol. The molecule has 14 aromatic carbocycles. The van der Waals surface area contributed by atoms with E-state index in [4.69, 9.17) is 0 Å². The minimum absolute atomic E-state index is 0.0914. The summed E-state index contributed by atoms with van der Waals surface area (Å²) in [5, 5.41) is 2.54. The van der Waals surface area contributed by atoms with Gasteiger partial charge in [0.1, 0.15) is 0 Å². The molecule has 0 saturated carbocycles. The first-order chi connectivity index (χ1) is 55.7. The van der Waals surface area contributed by atoms with Crippen LogP contribution in [0.4, 0.5) is 51.2 Å². The van der Waals surface area contributed by atoms with Crippen molar-refractivity contribution in [2.24, 2.45) is 0 Å². The van der Waals surface area contributed by atoms with Crippen LogP contribution in [0, 0.1) is 13.8 Å². The average Bonchev–Trinajstić information content (AvgIpc) is 1.57. The molecule has 3 aliphatic carbocycles. The second kappa shape index (κ2) is 32.9. The van der Waals surface area contributed by atoms with Gasteiger partial charge in [-0.15, -0.1) is 0 Å². The van der Waals surface area contributed by atoms with E-state index in [0.717, 1.165) is 49.2 Å². The molecule has 4 heteroatoms. The third kappa shape index (κ3) is 15.2. The molecule has 15 aromatic rings. The van der Waals surface area contributed by atoms with E-state index >= 15 is 0 Å². The molecule has 0 aliphatic heterocycles. The van der Waals surface area contributed by atoms with Gasteiger partial charge >= 0.3 is 0 Å². The largest absolute Gasteiger partial charge is 0.311 e. The Balaban J connectivity index is 0.595. The van der Waals surface area contributed by atoms with Crippen molar-refractivity contribution in [1.29, 1.82) is 0 Å². The van der Waals surface area contributed by atoms with Gasteiger partial charge in [0.25, 0.3) is 0 Å². The number of hydrogen-bond acceptors (Lipinski definition) is 3. The first-order valence-corrected chi connectivity index (χ1v) is 42.3. The van der Waals surface area contributed by atoms with Crippen molar-refractivity contribution < 1.29 is 0 Å². The number of para-hydroxylation sites is 3. The molecule has 0 saturated heterocycles. The van der Waals surface area contributed by atoms with Gasteiger partial charge in [0, 0.05) is 73.1 Å². The first kappa shape index (κ1) is 72.8. The fraction of sp³-hybridized carbons (Fsp3) is 0.229.